The van der Waals surface area contributed by atoms with Crippen LogP contribution in [0.5, 0.6) is 0 Å². The van der Waals surface area contributed by atoms with Crippen molar-refractivity contribution in [3.63, 3.8) is 0 Å². The number of hydrogen-bond acceptors (Lipinski definition) is 3. The van der Waals surface area contributed by atoms with E-state index >= 15 is 0 Å². The first-order valence-electron chi connectivity index (χ1n) is 8.01. The van der Waals surface area contributed by atoms with Gasteiger partial charge in [0.05, 0.1) is 0 Å². The average molecular weight is 281 g/mol. The zero-order valence-electron chi connectivity index (χ0n) is 12.5. The molecular formula is C15H27N3O2. The van der Waals surface area contributed by atoms with Crippen LogP contribution in [0.1, 0.15) is 51.9 Å². The number of carbonyl (C=O) groups excluding carboxylic acids is 2. The fraction of sp³-hybridized carbons (Fsp3) is 0.867. The third-order valence-corrected chi connectivity index (χ3v) is 4.31. The van der Waals surface area contributed by atoms with Gasteiger partial charge < -0.3 is 15.5 Å². The van der Waals surface area contributed by atoms with Gasteiger partial charge in [0.15, 0.2) is 0 Å². The molecule has 2 fully saturated rings. The fourth-order valence-electron chi connectivity index (χ4n) is 3.27. The zero-order valence-corrected chi connectivity index (χ0v) is 12.5. The summed E-state index contributed by atoms with van der Waals surface area (Å²) in [7, 11) is 0. The Labute approximate surface area is 121 Å². The second-order valence-electron chi connectivity index (χ2n) is 5.88. The average Bonchev–Trinajstić information content (AvgIpc) is 2.69. The van der Waals surface area contributed by atoms with Gasteiger partial charge in [-0.15, -0.1) is 0 Å². The van der Waals surface area contributed by atoms with E-state index in [0.717, 1.165) is 45.3 Å². The Morgan fingerprint density at radius 3 is 2.80 bits per heavy atom. The molecule has 0 spiro atoms. The van der Waals surface area contributed by atoms with Gasteiger partial charge in [-0.2, -0.15) is 0 Å². The lowest BCUT2D eigenvalue weighted by atomic mass is 10.1. The van der Waals surface area contributed by atoms with Crippen LogP contribution in [-0.4, -0.2) is 48.4 Å². The molecule has 2 aliphatic heterocycles. The lowest BCUT2D eigenvalue weighted by Crippen LogP contribution is -2.42. The number of nitrogens with one attached hydrogen (secondary N) is 2. The van der Waals surface area contributed by atoms with E-state index in [1.54, 1.807) is 0 Å². The van der Waals surface area contributed by atoms with Crippen molar-refractivity contribution in [1.29, 1.82) is 0 Å². The number of fused-ring (bicyclic) bond motifs is 2. The Bertz CT molecular complexity index is 332. The molecule has 2 aliphatic rings. The molecular weight excluding hydrogens is 254 g/mol. The van der Waals surface area contributed by atoms with Crippen molar-refractivity contribution in [2.45, 2.75) is 64.0 Å². The molecule has 114 valence electrons. The van der Waals surface area contributed by atoms with Gasteiger partial charge in [0.2, 0.25) is 11.8 Å². The Hall–Kier alpha value is -1.10. The van der Waals surface area contributed by atoms with E-state index in [2.05, 4.69) is 15.5 Å². The Morgan fingerprint density at radius 2 is 2.00 bits per heavy atom. The monoisotopic (exact) mass is 281 g/mol. The van der Waals surface area contributed by atoms with Gasteiger partial charge in [-0.25, -0.2) is 0 Å². The topological polar surface area (TPSA) is 61.4 Å². The quantitative estimate of drug-likeness (QED) is 0.764. The number of nitrogens with zero attached hydrogens (tertiary/aromatic N) is 1. The highest BCUT2D eigenvalue weighted by molar-refractivity contribution is 5.79. The van der Waals surface area contributed by atoms with E-state index in [1.807, 2.05) is 6.92 Å². The highest BCUT2D eigenvalue weighted by atomic mass is 16.2. The normalized spacial score (nSPS) is 25.4. The van der Waals surface area contributed by atoms with E-state index in [1.165, 1.54) is 0 Å². The molecule has 0 saturated carbocycles. The second-order valence-corrected chi connectivity index (χ2v) is 5.88. The zero-order chi connectivity index (χ0) is 14.4. The first-order valence-corrected chi connectivity index (χ1v) is 8.01. The molecule has 0 aromatic rings. The summed E-state index contributed by atoms with van der Waals surface area (Å²) in [6.07, 6.45) is 5.93. The number of carbonyl (C=O) groups is 2. The molecule has 0 aliphatic carbocycles. The maximum atomic E-state index is 12.4. The minimum absolute atomic E-state index is 0.0696. The molecule has 2 N–H and O–H groups in total. The van der Waals surface area contributed by atoms with Crippen molar-refractivity contribution < 1.29 is 9.59 Å². The van der Waals surface area contributed by atoms with Crippen LogP contribution in [0.3, 0.4) is 0 Å². The van der Waals surface area contributed by atoms with Gasteiger partial charge in [0, 0.05) is 38.0 Å². The first kappa shape index (κ1) is 15.3. The molecule has 2 atom stereocenters. The predicted octanol–water partition coefficient (Wildman–Crippen LogP) is 1.04. The van der Waals surface area contributed by atoms with Crippen LogP contribution < -0.4 is 10.6 Å². The van der Waals surface area contributed by atoms with Crippen LogP contribution in [0.15, 0.2) is 0 Å². The molecule has 2 amide bonds. The Kier molecular flexibility index (Phi) is 5.83. The van der Waals surface area contributed by atoms with Crippen molar-refractivity contribution in [3.8, 4) is 0 Å². The maximum absolute atomic E-state index is 12.4. The van der Waals surface area contributed by atoms with E-state index in [9.17, 15) is 9.59 Å². The lowest BCUT2D eigenvalue weighted by Gasteiger charge is -2.28. The smallest absolute Gasteiger partial charge is 0.223 e. The molecule has 5 nitrogen and oxygen atoms in total. The minimum Gasteiger partial charge on any atom is -0.356 e. The van der Waals surface area contributed by atoms with Crippen molar-refractivity contribution >= 4 is 11.8 Å². The Morgan fingerprint density at radius 1 is 1.20 bits per heavy atom. The maximum Gasteiger partial charge on any atom is 0.223 e. The van der Waals surface area contributed by atoms with Crippen LogP contribution >= 0.6 is 0 Å². The van der Waals surface area contributed by atoms with Gasteiger partial charge in [-0.3, -0.25) is 9.59 Å². The predicted molar refractivity (Wildman–Crippen MR) is 78.3 cm³/mol. The largest absolute Gasteiger partial charge is 0.356 e. The molecule has 0 aromatic heterocycles. The van der Waals surface area contributed by atoms with E-state index in [-0.39, 0.29) is 11.8 Å². The van der Waals surface area contributed by atoms with Gasteiger partial charge in [-0.05, 0) is 38.6 Å². The summed E-state index contributed by atoms with van der Waals surface area (Å²) >= 11 is 0. The van der Waals surface area contributed by atoms with E-state index in [0.29, 0.717) is 31.3 Å². The summed E-state index contributed by atoms with van der Waals surface area (Å²) in [6, 6.07) is 0.806. The number of rotatable bonds is 6. The molecule has 2 heterocycles. The third-order valence-electron chi connectivity index (χ3n) is 4.31. The molecule has 5 heteroatoms. The van der Waals surface area contributed by atoms with E-state index < -0.39 is 0 Å². The minimum atomic E-state index is 0.0696. The summed E-state index contributed by atoms with van der Waals surface area (Å²) in [4.78, 5) is 26.0. The van der Waals surface area contributed by atoms with Crippen LogP contribution in [0, 0.1) is 0 Å². The van der Waals surface area contributed by atoms with Crippen molar-refractivity contribution in [2.75, 3.05) is 19.6 Å². The summed E-state index contributed by atoms with van der Waals surface area (Å²) in [5.74, 6) is 0.310. The molecule has 0 aromatic carbocycles. The number of amides is 2. The van der Waals surface area contributed by atoms with Gasteiger partial charge >= 0.3 is 0 Å². The summed E-state index contributed by atoms with van der Waals surface area (Å²) in [5, 5.41) is 6.25. The first-order chi connectivity index (χ1) is 9.72. The van der Waals surface area contributed by atoms with Gasteiger partial charge in [0.1, 0.15) is 0 Å². The van der Waals surface area contributed by atoms with Crippen molar-refractivity contribution in [2.24, 2.45) is 0 Å². The summed E-state index contributed by atoms with van der Waals surface area (Å²) < 4.78 is 0. The van der Waals surface area contributed by atoms with Crippen LogP contribution in [0.25, 0.3) is 0 Å². The van der Waals surface area contributed by atoms with Crippen molar-refractivity contribution in [3.05, 3.63) is 0 Å². The van der Waals surface area contributed by atoms with Gasteiger partial charge in [-0.1, -0.05) is 6.92 Å². The van der Waals surface area contributed by atoms with Crippen LogP contribution in [0.4, 0.5) is 0 Å². The Balaban J connectivity index is 1.73. The highest BCUT2D eigenvalue weighted by Crippen LogP contribution is 2.28. The van der Waals surface area contributed by atoms with Crippen molar-refractivity contribution in [1.82, 2.24) is 15.5 Å². The molecule has 2 bridgehead atoms. The van der Waals surface area contributed by atoms with Crippen LogP contribution in [0.2, 0.25) is 0 Å². The molecule has 0 radical (unpaired) electrons. The van der Waals surface area contributed by atoms with Crippen LogP contribution in [-0.2, 0) is 9.59 Å². The summed E-state index contributed by atoms with van der Waals surface area (Å²) in [6.45, 7) is 4.71. The van der Waals surface area contributed by atoms with Gasteiger partial charge in [0.25, 0.3) is 0 Å². The summed E-state index contributed by atoms with van der Waals surface area (Å²) in [5.41, 5.74) is 0. The molecule has 2 saturated heterocycles. The standard InChI is InChI=1S/C15H27N3O2/c1-2-9-17-14(19)4-3-5-15(20)18-12-6-7-13(18)11-16-10-8-12/h12-13,16H,2-11H2,1H3,(H,17,19). The molecule has 20 heavy (non-hydrogen) atoms. The lowest BCUT2D eigenvalue weighted by molar-refractivity contribution is -0.134. The molecule has 2 rings (SSSR count). The highest BCUT2D eigenvalue weighted by Gasteiger charge is 2.37. The third kappa shape index (κ3) is 3.95. The molecule has 2 unspecified atom stereocenters. The number of hydrogen-bond donors (Lipinski definition) is 2. The SMILES string of the molecule is CCCNC(=O)CCCC(=O)N1C2CCNCC1CC2. The van der Waals surface area contributed by atoms with E-state index in [4.69, 9.17) is 0 Å². The fourth-order valence-corrected chi connectivity index (χ4v) is 3.27. The second kappa shape index (κ2) is 7.62.